The van der Waals surface area contributed by atoms with Crippen LogP contribution in [0.4, 0.5) is 0 Å². The molecule has 0 saturated carbocycles. The van der Waals surface area contributed by atoms with Crippen LogP contribution in [0.3, 0.4) is 0 Å². The number of rotatable bonds is 9. The van der Waals surface area contributed by atoms with Gasteiger partial charge < -0.3 is 19.9 Å². The summed E-state index contributed by atoms with van der Waals surface area (Å²) in [6.45, 7) is 4.76. The highest BCUT2D eigenvalue weighted by Crippen LogP contribution is 2.30. The molecule has 0 radical (unpaired) electrons. The smallest absolute Gasteiger partial charge is 0.218 e. The first-order valence-electron chi connectivity index (χ1n) is 9.80. The Hall–Kier alpha value is -2.67. The van der Waals surface area contributed by atoms with Gasteiger partial charge in [-0.2, -0.15) is 5.10 Å². The van der Waals surface area contributed by atoms with Gasteiger partial charge in [0.25, 0.3) is 0 Å². The lowest BCUT2D eigenvalue weighted by Gasteiger charge is -2.14. The van der Waals surface area contributed by atoms with Crippen LogP contribution in [0.2, 0.25) is 0 Å². The van der Waals surface area contributed by atoms with Gasteiger partial charge in [0.1, 0.15) is 5.75 Å². The van der Waals surface area contributed by atoms with Gasteiger partial charge in [-0.1, -0.05) is 36.4 Å². The molecule has 6 nitrogen and oxygen atoms in total. The summed E-state index contributed by atoms with van der Waals surface area (Å²) in [4.78, 5) is 0. The second-order valence-electron chi connectivity index (χ2n) is 7.00. The monoisotopic (exact) mass is 395 g/mol. The molecule has 1 atom stereocenters. The fraction of sp³-hybridized carbons (Fsp3) is 0.348. The number of nitrogens with zero attached hydrogens (tertiary/aromatic N) is 2. The number of aryl methyl sites for hydroxylation is 1. The first kappa shape index (κ1) is 21.0. The zero-order chi connectivity index (χ0) is 20.8. The molecule has 1 unspecified atom stereocenters. The number of hydrogen-bond acceptors (Lipinski definition) is 5. The summed E-state index contributed by atoms with van der Waals surface area (Å²) in [6.07, 6.45) is 0.408. The number of ether oxygens (including phenoxy) is 3. The van der Waals surface area contributed by atoms with E-state index < -0.39 is 6.29 Å². The quantitative estimate of drug-likeness (QED) is 0.539. The predicted molar refractivity (Wildman–Crippen MR) is 114 cm³/mol. The maximum atomic E-state index is 6.12. The fourth-order valence-corrected chi connectivity index (χ4v) is 3.32. The maximum Gasteiger partial charge on any atom is 0.218 e. The molecule has 0 fully saturated rings. The van der Waals surface area contributed by atoms with Crippen LogP contribution >= 0.6 is 0 Å². The second-order valence-corrected chi connectivity index (χ2v) is 7.00. The van der Waals surface area contributed by atoms with Gasteiger partial charge in [-0.25, -0.2) is 4.68 Å². The molecular formula is C23H29N3O3. The number of hydrogen-bond donors (Lipinski definition) is 1. The van der Waals surface area contributed by atoms with Crippen molar-refractivity contribution in [3.05, 3.63) is 65.7 Å². The van der Waals surface area contributed by atoms with E-state index in [1.54, 1.807) is 14.2 Å². The van der Waals surface area contributed by atoms with E-state index in [1.165, 1.54) is 5.56 Å². The number of nitrogens with two attached hydrogens (primary N) is 1. The van der Waals surface area contributed by atoms with Crippen LogP contribution < -0.4 is 10.5 Å². The summed E-state index contributed by atoms with van der Waals surface area (Å²) in [5.41, 5.74) is 10.1. The van der Waals surface area contributed by atoms with Crippen molar-refractivity contribution in [1.82, 2.24) is 9.78 Å². The van der Waals surface area contributed by atoms with Crippen molar-refractivity contribution in [3.63, 3.8) is 0 Å². The Bertz CT molecular complexity index is 915. The largest absolute Gasteiger partial charge is 0.439 e. The van der Waals surface area contributed by atoms with Crippen molar-refractivity contribution in [2.75, 3.05) is 14.2 Å². The number of methoxy groups -OCH3 is 2. The maximum absolute atomic E-state index is 6.12. The molecule has 154 valence electrons. The summed E-state index contributed by atoms with van der Waals surface area (Å²) in [5.74, 6) is 1.42. The zero-order valence-electron chi connectivity index (χ0n) is 17.5. The highest BCUT2D eigenvalue weighted by molar-refractivity contribution is 5.65. The fourth-order valence-electron chi connectivity index (χ4n) is 3.32. The Labute approximate surface area is 172 Å². The van der Waals surface area contributed by atoms with Crippen molar-refractivity contribution >= 4 is 0 Å². The van der Waals surface area contributed by atoms with Gasteiger partial charge in [0, 0.05) is 44.0 Å². The molecule has 1 aromatic heterocycles. The minimum Gasteiger partial charge on any atom is -0.439 e. The third-order valence-electron chi connectivity index (χ3n) is 4.68. The Kier molecular flexibility index (Phi) is 7.04. The molecule has 0 aliphatic heterocycles. The summed E-state index contributed by atoms with van der Waals surface area (Å²) in [5, 5.41) is 4.75. The lowest BCUT2D eigenvalue weighted by molar-refractivity contribution is -0.106. The average molecular weight is 396 g/mol. The van der Waals surface area contributed by atoms with E-state index in [1.807, 2.05) is 61.0 Å². The van der Waals surface area contributed by atoms with Crippen LogP contribution in [0, 0.1) is 0 Å². The Balaban J connectivity index is 1.86. The zero-order valence-corrected chi connectivity index (χ0v) is 17.5. The van der Waals surface area contributed by atoms with E-state index in [2.05, 4.69) is 12.1 Å². The first-order valence-corrected chi connectivity index (χ1v) is 9.80. The molecule has 0 spiro atoms. The van der Waals surface area contributed by atoms with Crippen molar-refractivity contribution < 1.29 is 14.2 Å². The number of aromatic nitrogens is 2. The summed E-state index contributed by atoms with van der Waals surface area (Å²) in [7, 11) is 3.23. The van der Waals surface area contributed by atoms with E-state index in [-0.39, 0.29) is 6.04 Å². The Morgan fingerprint density at radius 3 is 2.34 bits per heavy atom. The van der Waals surface area contributed by atoms with Crippen molar-refractivity contribution in [1.29, 1.82) is 0 Å². The van der Waals surface area contributed by atoms with Crippen LogP contribution in [-0.2, 0) is 22.4 Å². The SMILES string of the molecule is CCn1nc(-c2ccccc2CC(C)N)cc1Oc1ccc(C(OC)OC)cc1. The van der Waals surface area contributed by atoms with Gasteiger partial charge in [-0.15, -0.1) is 0 Å². The van der Waals surface area contributed by atoms with E-state index in [4.69, 9.17) is 25.0 Å². The third-order valence-corrected chi connectivity index (χ3v) is 4.68. The van der Waals surface area contributed by atoms with E-state index in [9.17, 15) is 0 Å². The topological polar surface area (TPSA) is 71.5 Å². The first-order chi connectivity index (χ1) is 14.0. The summed E-state index contributed by atoms with van der Waals surface area (Å²) in [6, 6.07) is 18.0. The average Bonchev–Trinajstić information content (AvgIpc) is 3.12. The van der Waals surface area contributed by atoms with Gasteiger partial charge in [-0.3, -0.25) is 0 Å². The van der Waals surface area contributed by atoms with Crippen LogP contribution in [0.5, 0.6) is 11.6 Å². The van der Waals surface area contributed by atoms with Crippen molar-refractivity contribution in [2.24, 2.45) is 5.73 Å². The minimum atomic E-state index is -0.390. The second kappa shape index (κ2) is 9.69. The van der Waals surface area contributed by atoms with Crippen LogP contribution in [-0.4, -0.2) is 30.0 Å². The molecule has 6 heteroatoms. The molecular weight excluding hydrogens is 366 g/mol. The Morgan fingerprint density at radius 1 is 1.03 bits per heavy atom. The predicted octanol–water partition coefficient (Wildman–Crippen LogP) is 4.54. The molecule has 2 aromatic carbocycles. The van der Waals surface area contributed by atoms with Gasteiger partial charge in [0.2, 0.25) is 5.88 Å². The van der Waals surface area contributed by atoms with Crippen molar-refractivity contribution in [2.45, 2.75) is 39.1 Å². The van der Waals surface area contributed by atoms with Gasteiger partial charge >= 0.3 is 0 Å². The van der Waals surface area contributed by atoms with Crippen LogP contribution in [0.25, 0.3) is 11.3 Å². The highest BCUT2D eigenvalue weighted by atomic mass is 16.7. The molecule has 1 heterocycles. The van der Waals surface area contributed by atoms with E-state index in [0.717, 1.165) is 29.0 Å². The van der Waals surface area contributed by atoms with Crippen molar-refractivity contribution in [3.8, 4) is 22.9 Å². The molecule has 3 rings (SSSR count). The molecule has 2 N–H and O–H groups in total. The standard InChI is InChI=1S/C23H29N3O3/c1-5-26-22(29-19-12-10-17(11-13-19)23(27-3)28-4)15-21(25-26)20-9-7-6-8-18(20)14-16(2)24/h6-13,15-16,23H,5,14,24H2,1-4H3. The minimum absolute atomic E-state index is 0.0849. The normalized spacial score (nSPS) is 12.3. The molecule has 0 saturated heterocycles. The summed E-state index contributed by atoms with van der Waals surface area (Å²) < 4.78 is 18.5. The molecule has 0 aliphatic rings. The van der Waals surface area contributed by atoms with E-state index in [0.29, 0.717) is 12.4 Å². The molecule has 0 amide bonds. The molecule has 29 heavy (non-hydrogen) atoms. The van der Waals surface area contributed by atoms with Gasteiger partial charge in [0.05, 0.1) is 5.69 Å². The van der Waals surface area contributed by atoms with Gasteiger partial charge in [-0.05, 0) is 38.0 Å². The third kappa shape index (κ3) is 5.03. The molecule has 3 aromatic rings. The van der Waals surface area contributed by atoms with Crippen LogP contribution in [0.1, 0.15) is 31.3 Å². The Morgan fingerprint density at radius 2 is 1.72 bits per heavy atom. The molecule has 0 bridgehead atoms. The lowest BCUT2D eigenvalue weighted by Crippen LogP contribution is -2.18. The van der Waals surface area contributed by atoms with Crippen LogP contribution in [0.15, 0.2) is 54.6 Å². The summed E-state index contributed by atoms with van der Waals surface area (Å²) >= 11 is 0. The molecule has 0 aliphatic carbocycles. The lowest BCUT2D eigenvalue weighted by atomic mass is 9.99. The van der Waals surface area contributed by atoms with Gasteiger partial charge in [0.15, 0.2) is 6.29 Å². The van der Waals surface area contributed by atoms with E-state index >= 15 is 0 Å². The highest BCUT2D eigenvalue weighted by Gasteiger charge is 2.15. The number of benzene rings is 2.